The van der Waals surface area contributed by atoms with Crippen LogP contribution in [0.15, 0.2) is 18.2 Å². The van der Waals surface area contributed by atoms with Gasteiger partial charge in [-0.15, -0.1) is 0 Å². The second-order valence-corrected chi connectivity index (χ2v) is 5.82. The highest BCUT2D eigenvalue weighted by atomic mass is 19.1. The predicted octanol–water partition coefficient (Wildman–Crippen LogP) is 1.80. The van der Waals surface area contributed by atoms with Crippen LogP contribution in [-0.4, -0.2) is 31.5 Å². The summed E-state index contributed by atoms with van der Waals surface area (Å²) in [5.41, 5.74) is 2.21. The maximum Gasteiger partial charge on any atom is 0.123 e. The highest BCUT2D eigenvalue weighted by Crippen LogP contribution is 2.32. The number of aryl methyl sites for hydroxylation is 1. The zero-order chi connectivity index (χ0) is 13.3. The average Bonchev–Trinajstić information content (AvgIpc) is 2.37. The maximum absolute atomic E-state index is 13.2. The number of aliphatic hydroxyl groups excluding tert-OH is 1. The van der Waals surface area contributed by atoms with E-state index < -0.39 is 0 Å². The van der Waals surface area contributed by atoms with Crippen LogP contribution in [0.1, 0.15) is 30.0 Å². The quantitative estimate of drug-likeness (QED) is 0.872. The SMILES string of the molecule is OCC1(CNC2CCCc3cc(F)ccc32)COC1. The van der Waals surface area contributed by atoms with Crippen molar-refractivity contribution in [2.45, 2.75) is 25.3 Å². The van der Waals surface area contributed by atoms with Crippen LogP contribution in [-0.2, 0) is 11.2 Å². The van der Waals surface area contributed by atoms with Crippen molar-refractivity contribution in [1.29, 1.82) is 0 Å². The van der Waals surface area contributed by atoms with Crippen molar-refractivity contribution < 1.29 is 14.2 Å². The van der Waals surface area contributed by atoms with Crippen molar-refractivity contribution in [3.8, 4) is 0 Å². The molecule has 104 valence electrons. The fourth-order valence-corrected chi connectivity index (χ4v) is 2.97. The lowest BCUT2D eigenvalue weighted by atomic mass is 9.84. The minimum absolute atomic E-state index is 0.113. The summed E-state index contributed by atoms with van der Waals surface area (Å²) in [4.78, 5) is 0. The molecule has 1 heterocycles. The Labute approximate surface area is 112 Å². The zero-order valence-electron chi connectivity index (χ0n) is 11.0. The first-order valence-corrected chi connectivity index (χ1v) is 6.93. The van der Waals surface area contributed by atoms with Crippen LogP contribution in [0.2, 0.25) is 0 Å². The van der Waals surface area contributed by atoms with Gasteiger partial charge in [0.25, 0.3) is 0 Å². The molecule has 1 atom stereocenters. The van der Waals surface area contributed by atoms with Crippen molar-refractivity contribution in [2.75, 3.05) is 26.4 Å². The third kappa shape index (κ3) is 2.53. The Hall–Kier alpha value is -0.970. The molecule has 2 aliphatic rings. The molecule has 1 aliphatic heterocycles. The number of rotatable bonds is 4. The molecule has 4 heteroatoms. The first-order valence-electron chi connectivity index (χ1n) is 6.93. The molecule has 0 bridgehead atoms. The smallest absolute Gasteiger partial charge is 0.123 e. The number of aliphatic hydroxyl groups is 1. The van der Waals surface area contributed by atoms with Gasteiger partial charge in [0.1, 0.15) is 5.82 Å². The van der Waals surface area contributed by atoms with Gasteiger partial charge in [-0.05, 0) is 42.5 Å². The van der Waals surface area contributed by atoms with Crippen LogP contribution in [0, 0.1) is 11.2 Å². The van der Waals surface area contributed by atoms with Gasteiger partial charge in [-0.1, -0.05) is 6.07 Å². The standard InChI is InChI=1S/C15H20FNO2/c16-12-4-5-13-11(6-12)2-1-3-14(13)17-7-15(8-18)9-19-10-15/h4-6,14,17-18H,1-3,7-10H2. The van der Waals surface area contributed by atoms with Crippen LogP contribution in [0.25, 0.3) is 0 Å². The average molecular weight is 265 g/mol. The predicted molar refractivity (Wildman–Crippen MR) is 70.4 cm³/mol. The summed E-state index contributed by atoms with van der Waals surface area (Å²) in [6.45, 7) is 2.16. The largest absolute Gasteiger partial charge is 0.396 e. The molecule has 3 nitrogen and oxygen atoms in total. The van der Waals surface area contributed by atoms with E-state index in [2.05, 4.69) is 5.32 Å². The van der Waals surface area contributed by atoms with E-state index in [0.717, 1.165) is 31.4 Å². The molecule has 1 fully saturated rings. The van der Waals surface area contributed by atoms with E-state index in [0.29, 0.717) is 13.2 Å². The molecule has 0 radical (unpaired) electrons. The Balaban J connectivity index is 1.70. The Morgan fingerprint density at radius 2 is 2.26 bits per heavy atom. The van der Waals surface area contributed by atoms with Gasteiger partial charge < -0.3 is 15.2 Å². The molecule has 1 saturated heterocycles. The number of halogens is 1. The molecule has 1 aliphatic carbocycles. The van der Waals surface area contributed by atoms with E-state index in [1.807, 2.05) is 6.07 Å². The van der Waals surface area contributed by atoms with Crippen molar-refractivity contribution in [2.24, 2.45) is 5.41 Å². The molecule has 0 spiro atoms. The van der Waals surface area contributed by atoms with Gasteiger partial charge in [-0.3, -0.25) is 0 Å². The lowest BCUT2D eigenvalue weighted by molar-refractivity contribution is -0.135. The molecule has 2 N–H and O–H groups in total. The monoisotopic (exact) mass is 265 g/mol. The fraction of sp³-hybridized carbons (Fsp3) is 0.600. The van der Waals surface area contributed by atoms with Gasteiger partial charge in [0.2, 0.25) is 0 Å². The van der Waals surface area contributed by atoms with E-state index in [4.69, 9.17) is 4.74 Å². The minimum Gasteiger partial charge on any atom is -0.396 e. The summed E-state index contributed by atoms with van der Waals surface area (Å²) in [6, 6.07) is 5.35. The minimum atomic E-state index is -0.154. The molecule has 1 aromatic carbocycles. The molecule has 19 heavy (non-hydrogen) atoms. The lowest BCUT2D eigenvalue weighted by Gasteiger charge is -2.41. The number of ether oxygens (including phenoxy) is 1. The summed E-state index contributed by atoms with van der Waals surface area (Å²) in [5, 5.41) is 13.0. The molecular formula is C15H20FNO2. The summed E-state index contributed by atoms with van der Waals surface area (Å²) in [7, 11) is 0. The number of benzene rings is 1. The van der Waals surface area contributed by atoms with Crippen molar-refractivity contribution >= 4 is 0 Å². The Bertz CT molecular complexity index is 454. The summed E-state index contributed by atoms with van der Waals surface area (Å²) < 4.78 is 18.4. The molecule has 0 aromatic heterocycles. The third-order valence-corrected chi connectivity index (χ3v) is 4.29. The van der Waals surface area contributed by atoms with Crippen molar-refractivity contribution in [3.63, 3.8) is 0 Å². The van der Waals surface area contributed by atoms with Crippen molar-refractivity contribution in [1.82, 2.24) is 5.32 Å². The molecule has 0 saturated carbocycles. The van der Waals surface area contributed by atoms with Gasteiger partial charge in [-0.2, -0.15) is 0 Å². The van der Waals surface area contributed by atoms with Gasteiger partial charge in [0.15, 0.2) is 0 Å². The summed E-state index contributed by atoms with van der Waals surface area (Å²) in [5.74, 6) is -0.154. The normalized spacial score (nSPS) is 24.6. The van der Waals surface area contributed by atoms with Gasteiger partial charge in [0.05, 0.1) is 25.2 Å². The summed E-state index contributed by atoms with van der Waals surface area (Å²) >= 11 is 0. The number of nitrogens with one attached hydrogen (secondary N) is 1. The first-order chi connectivity index (χ1) is 9.22. The van der Waals surface area contributed by atoms with Crippen LogP contribution in [0.3, 0.4) is 0 Å². The lowest BCUT2D eigenvalue weighted by Crippen LogP contribution is -2.52. The number of fused-ring (bicyclic) bond motifs is 1. The molecule has 0 amide bonds. The van der Waals surface area contributed by atoms with Gasteiger partial charge in [0, 0.05) is 12.6 Å². The van der Waals surface area contributed by atoms with Crippen LogP contribution in [0.5, 0.6) is 0 Å². The number of hydrogen-bond donors (Lipinski definition) is 2. The van der Waals surface area contributed by atoms with Crippen LogP contribution < -0.4 is 5.32 Å². The third-order valence-electron chi connectivity index (χ3n) is 4.29. The second kappa shape index (κ2) is 5.19. The zero-order valence-corrected chi connectivity index (χ0v) is 11.0. The molecular weight excluding hydrogens is 245 g/mol. The topological polar surface area (TPSA) is 41.5 Å². The highest BCUT2D eigenvalue weighted by Gasteiger charge is 2.38. The van der Waals surface area contributed by atoms with Crippen LogP contribution in [0.4, 0.5) is 4.39 Å². The molecule has 3 rings (SSSR count). The van der Waals surface area contributed by atoms with Crippen LogP contribution >= 0.6 is 0 Å². The van der Waals surface area contributed by atoms with Gasteiger partial charge >= 0.3 is 0 Å². The maximum atomic E-state index is 13.2. The Kier molecular flexibility index (Phi) is 3.56. The van der Waals surface area contributed by atoms with E-state index in [9.17, 15) is 9.50 Å². The highest BCUT2D eigenvalue weighted by molar-refractivity contribution is 5.32. The van der Waals surface area contributed by atoms with Gasteiger partial charge in [-0.25, -0.2) is 4.39 Å². The molecule has 1 unspecified atom stereocenters. The fourth-order valence-electron chi connectivity index (χ4n) is 2.97. The summed E-state index contributed by atoms with van der Waals surface area (Å²) in [6.07, 6.45) is 3.11. The Morgan fingerprint density at radius 1 is 1.42 bits per heavy atom. The molecule has 1 aromatic rings. The van der Waals surface area contributed by atoms with E-state index in [-0.39, 0.29) is 23.9 Å². The Morgan fingerprint density at radius 3 is 2.95 bits per heavy atom. The van der Waals surface area contributed by atoms with E-state index in [1.165, 1.54) is 11.6 Å². The number of hydrogen-bond acceptors (Lipinski definition) is 3. The van der Waals surface area contributed by atoms with E-state index >= 15 is 0 Å². The van der Waals surface area contributed by atoms with E-state index in [1.54, 1.807) is 6.07 Å². The van der Waals surface area contributed by atoms with Crippen molar-refractivity contribution in [3.05, 3.63) is 35.1 Å². The first kappa shape index (κ1) is 13.0. The second-order valence-electron chi connectivity index (χ2n) is 5.82.